The molecule has 0 saturated heterocycles. The van der Waals surface area contributed by atoms with Crippen molar-refractivity contribution in [3.8, 4) is 5.75 Å². The minimum Gasteiger partial charge on any atom is -0.488 e. The van der Waals surface area contributed by atoms with Crippen LogP contribution >= 0.6 is 0 Å². The first-order valence-electron chi connectivity index (χ1n) is 7.98. The van der Waals surface area contributed by atoms with Gasteiger partial charge in [0.15, 0.2) is 0 Å². The van der Waals surface area contributed by atoms with E-state index in [4.69, 9.17) is 9.47 Å². The predicted octanol–water partition coefficient (Wildman–Crippen LogP) is 5.12. The molecule has 0 amide bonds. The Morgan fingerprint density at radius 2 is 1.64 bits per heavy atom. The number of halogens is 2. The van der Waals surface area contributed by atoms with Gasteiger partial charge in [0.25, 0.3) is 0 Å². The zero-order valence-electron chi connectivity index (χ0n) is 15.1. The van der Waals surface area contributed by atoms with Gasteiger partial charge in [-0.1, -0.05) is 12.1 Å². The molecule has 0 aromatic heterocycles. The van der Waals surface area contributed by atoms with Gasteiger partial charge in [-0.25, -0.2) is 13.6 Å². The lowest BCUT2D eigenvalue weighted by Crippen LogP contribution is -2.24. The molecule has 0 aliphatic rings. The van der Waals surface area contributed by atoms with Crippen molar-refractivity contribution in [2.24, 2.45) is 0 Å². The van der Waals surface area contributed by atoms with E-state index in [2.05, 4.69) is 0 Å². The summed E-state index contributed by atoms with van der Waals surface area (Å²) in [5.41, 5.74) is 0.723. The molecule has 0 fully saturated rings. The lowest BCUT2D eigenvalue weighted by molar-refractivity contribution is 0.00683. The summed E-state index contributed by atoms with van der Waals surface area (Å²) in [6.45, 7) is 8.55. The maximum Gasteiger partial charge on any atom is 0.338 e. The third kappa shape index (κ3) is 5.02. The van der Waals surface area contributed by atoms with Crippen molar-refractivity contribution in [2.45, 2.75) is 46.8 Å². The van der Waals surface area contributed by atoms with Crippen LogP contribution < -0.4 is 4.74 Å². The second kappa shape index (κ2) is 7.21. The quantitative estimate of drug-likeness (QED) is 0.720. The van der Waals surface area contributed by atoms with Crippen LogP contribution in [0.2, 0.25) is 0 Å². The fourth-order valence-corrected chi connectivity index (χ4v) is 2.21. The molecule has 2 rings (SSSR count). The molecule has 0 bridgehead atoms. The SMILES string of the molecule is Cc1ccc(C)c(OCc2c(F)cc(C(=O)OC(C)(C)C)cc2F)c1. The Balaban J connectivity index is 2.20. The minimum absolute atomic E-state index is 0.166. The van der Waals surface area contributed by atoms with Gasteiger partial charge in [-0.05, 0) is 63.9 Å². The van der Waals surface area contributed by atoms with Crippen molar-refractivity contribution in [3.05, 3.63) is 64.2 Å². The Kier molecular flexibility index (Phi) is 5.45. The average Bonchev–Trinajstić information content (AvgIpc) is 2.47. The molecule has 0 unspecified atom stereocenters. The summed E-state index contributed by atoms with van der Waals surface area (Å²) in [6, 6.07) is 7.56. The molecular formula is C20H22F2O3. The second-order valence-corrected chi connectivity index (χ2v) is 6.98. The number of hydrogen-bond acceptors (Lipinski definition) is 3. The monoisotopic (exact) mass is 348 g/mol. The highest BCUT2D eigenvalue weighted by molar-refractivity contribution is 5.89. The number of carbonyl (C=O) groups is 1. The molecule has 134 valence electrons. The van der Waals surface area contributed by atoms with E-state index in [0.717, 1.165) is 23.3 Å². The molecule has 5 heteroatoms. The van der Waals surface area contributed by atoms with Crippen LogP contribution in [0.1, 0.15) is 47.8 Å². The van der Waals surface area contributed by atoms with Gasteiger partial charge in [-0.2, -0.15) is 0 Å². The number of rotatable bonds is 4. The zero-order valence-corrected chi connectivity index (χ0v) is 15.1. The van der Waals surface area contributed by atoms with Gasteiger partial charge >= 0.3 is 5.97 Å². The molecule has 0 spiro atoms. The number of benzene rings is 2. The summed E-state index contributed by atoms with van der Waals surface area (Å²) in [6.07, 6.45) is 0. The number of esters is 1. The van der Waals surface area contributed by atoms with E-state index in [9.17, 15) is 13.6 Å². The highest BCUT2D eigenvalue weighted by Gasteiger charge is 2.21. The average molecular weight is 348 g/mol. The lowest BCUT2D eigenvalue weighted by atomic mass is 10.1. The van der Waals surface area contributed by atoms with Crippen molar-refractivity contribution < 1.29 is 23.0 Å². The standard InChI is InChI=1S/C20H22F2O3/c1-12-6-7-13(2)18(8-12)24-11-15-16(21)9-14(10-17(15)22)19(23)25-20(3,4)5/h6-10H,11H2,1-5H3. The summed E-state index contributed by atoms with van der Waals surface area (Å²) in [5, 5.41) is 0. The first kappa shape index (κ1) is 18.9. The molecule has 0 N–H and O–H groups in total. The molecule has 0 radical (unpaired) electrons. The van der Waals surface area contributed by atoms with E-state index in [0.29, 0.717) is 5.75 Å². The Bertz CT molecular complexity index is 769. The fraction of sp³-hybridized carbons (Fsp3) is 0.350. The van der Waals surface area contributed by atoms with Crippen LogP contribution in [-0.2, 0) is 11.3 Å². The van der Waals surface area contributed by atoms with Crippen LogP contribution in [0, 0.1) is 25.5 Å². The maximum atomic E-state index is 14.3. The molecule has 25 heavy (non-hydrogen) atoms. The van der Waals surface area contributed by atoms with Gasteiger partial charge in [0.1, 0.15) is 29.6 Å². The van der Waals surface area contributed by atoms with Crippen molar-refractivity contribution in [3.63, 3.8) is 0 Å². The smallest absolute Gasteiger partial charge is 0.338 e. The normalized spacial score (nSPS) is 11.3. The third-order valence-corrected chi connectivity index (χ3v) is 3.49. The number of carbonyl (C=O) groups excluding carboxylic acids is 1. The maximum absolute atomic E-state index is 14.3. The van der Waals surface area contributed by atoms with Crippen molar-refractivity contribution in [2.75, 3.05) is 0 Å². The zero-order chi connectivity index (χ0) is 18.8. The van der Waals surface area contributed by atoms with Crippen LogP contribution in [0.25, 0.3) is 0 Å². The van der Waals surface area contributed by atoms with E-state index in [-0.39, 0.29) is 17.7 Å². The van der Waals surface area contributed by atoms with Crippen LogP contribution in [0.4, 0.5) is 8.78 Å². The van der Waals surface area contributed by atoms with E-state index in [1.54, 1.807) is 26.8 Å². The van der Waals surface area contributed by atoms with E-state index in [1.807, 2.05) is 26.0 Å². The highest BCUT2D eigenvalue weighted by Crippen LogP contribution is 2.23. The second-order valence-electron chi connectivity index (χ2n) is 6.98. The number of ether oxygens (including phenoxy) is 2. The molecular weight excluding hydrogens is 326 g/mol. The first-order chi connectivity index (χ1) is 11.6. The molecule has 0 heterocycles. The van der Waals surface area contributed by atoms with Crippen LogP contribution in [0.3, 0.4) is 0 Å². The van der Waals surface area contributed by atoms with Crippen molar-refractivity contribution >= 4 is 5.97 Å². The predicted molar refractivity (Wildman–Crippen MR) is 91.8 cm³/mol. The topological polar surface area (TPSA) is 35.5 Å². The van der Waals surface area contributed by atoms with Crippen molar-refractivity contribution in [1.29, 1.82) is 0 Å². The largest absolute Gasteiger partial charge is 0.488 e. The number of hydrogen-bond donors (Lipinski definition) is 0. The molecule has 0 aliphatic heterocycles. The van der Waals surface area contributed by atoms with Gasteiger partial charge in [0.2, 0.25) is 0 Å². The molecule has 0 aliphatic carbocycles. The van der Waals surface area contributed by atoms with Gasteiger partial charge in [-0.3, -0.25) is 0 Å². The fourth-order valence-electron chi connectivity index (χ4n) is 2.21. The summed E-state index contributed by atoms with van der Waals surface area (Å²) >= 11 is 0. The number of aryl methyl sites for hydroxylation is 2. The summed E-state index contributed by atoms with van der Waals surface area (Å²) in [5.74, 6) is -1.89. The molecule has 2 aromatic carbocycles. The minimum atomic E-state index is -0.842. The van der Waals surface area contributed by atoms with Crippen molar-refractivity contribution in [1.82, 2.24) is 0 Å². The van der Waals surface area contributed by atoms with Gasteiger partial charge in [0.05, 0.1) is 11.1 Å². The van der Waals surface area contributed by atoms with E-state index < -0.39 is 23.2 Å². The Hall–Kier alpha value is -2.43. The summed E-state index contributed by atoms with van der Waals surface area (Å²) in [7, 11) is 0. The Labute approximate surface area is 146 Å². The van der Waals surface area contributed by atoms with Crippen LogP contribution in [-0.4, -0.2) is 11.6 Å². The third-order valence-electron chi connectivity index (χ3n) is 3.49. The van der Waals surface area contributed by atoms with Gasteiger partial charge in [0, 0.05) is 0 Å². The van der Waals surface area contributed by atoms with E-state index in [1.165, 1.54) is 0 Å². The molecule has 0 atom stereocenters. The Morgan fingerprint density at radius 3 is 2.20 bits per heavy atom. The van der Waals surface area contributed by atoms with Gasteiger partial charge in [-0.15, -0.1) is 0 Å². The highest BCUT2D eigenvalue weighted by atomic mass is 19.1. The van der Waals surface area contributed by atoms with Crippen LogP contribution in [0.15, 0.2) is 30.3 Å². The van der Waals surface area contributed by atoms with Crippen LogP contribution in [0.5, 0.6) is 5.75 Å². The summed E-state index contributed by atoms with van der Waals surface area (Å²) in [4.78, 5) is 12.0. The summed E-state index contributed by atoms with van der Waals surface area (Å²) < 4.78 is 39.2. The van der Waals surface area contributed by atoms with Gasteiger partial charge < -0.3 is 9.47 Å². The Morgan fingerprint density at radius 1 is 1.04 bits per heavy atom. The van der Waals surface area contributed by atoms with E-state index >= 15 is 0 Å². The molecule has 2 aromatic rings. The molecule has 0 saturated carbocycles. The lowest BCUT2D eigenvalue weighted by Gasteiger charge is -2.19. The molecule has 3 nitrogen and oxygen atoms in total. The first-order valence-corrected chi connectivity index (χ1v) is 7.98.